The fourth-order valence-electron chi connectivity index (χ4n) is 1.88. The number of hydrogen-bond donors (Lipinski definition) is 1. The Morgan fingerprint density at radius 1 is 1.25 bits per heavy atom. The number of nitro benzene ring substituents is 1. The number of aryl methyl sites for hydroxylation is 1. The molecule has 0 saturated carbocycles. The van der Waals surface area contributed by atoms with Crippen molar-refractivity contribution >= 4 is 17.0 Å². The third-order valence-corrected chi connectivity index (χ3v) is 4.08. The van der Waals surface area contributed by atoms with Crippen LogP contribution in [-0.4, -0.2) is 4.92 Å². The minimum Gasteiger partial charge on any atom is -0.308 e. The number of thiophene rings is 1. The van der Waals surface area contributed by atoms with Crippen molar-refractivity contribution in [3.63, 3.8) is 0 Å². The highest BCUT2D eigenvalue weighted by Gasteiger charge is 2.09. The summed E-state index contributed by atoms with van der Waals surface area (Å²) >= 11 is 1.73. The van der Waals surface area contributed by atoms with Crippen molar-refractivity contribution in [1.82, 2.24) is 5.32 Å². The first-order chi connectivity index (χ1) is 9.58. The van der Waals surface area contributed by atoms with Gasteiger partial charge in [-0.25, -0.2) is 4.39 Å². The highest BCUT2D eigenvalue weighted by molar-refractivity contribution is 7.11. The molecule has 2 aromatic rings. The molecule has 0 amide bonds. The zero-order valence-corrected chi connectivity index (χ0v) is 11.9. The fraction of sp³-hybridized carbons (Fsp3) is 0.286. The van der Waals surface area contributed by atoms with E-state index in [0.29, 0.717) is 18.7 Å². The number of non-ortho nitro benzene ring substituents is 1. The summed E-state index contributed by atoms with van der Waals surface area (Å²) in [5.41, 5.74) is 0.357. The van der Waals surface area contributed by atoms with E-state index in [1.165, 1.54) is 21.9 Å². The molecule has 0 bridgehead atoms. The van der Waals surface area contributed by atoms with Crippen molar-refractivity contribution in [2.45, 2.75) is 26.4 Å². The summed E-state index contributed by atoms with van der Waals surface area (Å²) in [6, 6.07) is 7.78. The van der Waals surface area contributed by atoms with Crippen LogP contribution in [0.15, 0.2) is 30.3 Å². The summed E-state index contributed by atoms with van der Waals surface area (Å²) in [7, 11) is 0. The Kier molecular flexibility index (Phi) is 4.81. The Morgan fingerprint density at radius 2 is 2.00 bits per heavy atom. The maximum Gasteiger partial charge on any atom is 0.272 e. The summed E-state index contributed by atoms with van der Waals surface area (Å²) in [5, 5.41) is 13.8. The lowest BCUT2D eigenvalue weighted by atomic mass is 10.2. The number of hydrogen-bond acceptors (Lipinski definition) is 4. The number of benzene rings is 1. The quantitative estimate of drug-likeness (QED) is 0.653. The Bertz CT molecular complexity index is 613. The Balaban J connectivity index is 1.95. The first-order valence-corrected chi connectivity index (χ1v) is 7.12. The molecular formula is C14H15FN2O2S. The second-order valence-corrected chi connectivity index (χ2v) is 5.65. The van der Waals surface area contributed by atoms with Gasteiger partial charge < -0.3 is 5.32 Å². The fourth-order valence-corrected chi connectivity index (χ4v) is 2.81. The van der Waals surface area contributed by atoms with Crippen LogP contribution in [0.2, 0.25) is 0 Å². The molecule has 0 atom stereocenters. The zero-order valence-electron chi connectivity index (χ0n) is 11.1. The molecule has 0 saturated heterocycles. The van der Waals surface area contributed by atoms with Crippen LogP contribution in [0.5, 0.6) is 0 Å². The van der Waals surface area contributed by atoms with Crippen LogP contribution < -0.4 is 5.32 Å². The molecule has 0 aliphatic carbocycles. The number of nitro groups is 1. The SMILES string of the molecule is CCc1ccc(CNCc2cc(F)cc([N+](=O)[O-])c2)s1. The average molecular weight is 294 g/mol. The van der Waals surface area contributed by atoms with E-state index in [1.54, 1.807) is 11.3 Å². The van der Waals surface area contributed by atoms with Crippen molar-refractivity contribution in [2.75, 3.05) is 0 Å². The second-order valence-electron chi connectivity index (χ2n) is 4.40. The average Bonchev–Trinajstić information content (AvgIpc) is 2.86. The maximum atomic E-state index is 13.3. The number of halogens is 1. The van der Waals surface area contributed by atoms with E-state index in [2.05, 4.69) is 24.4 Å². The van der Waals surface area contributed by atoms with Gasteiger partial charge in [0.25, 0.3) is 5.69 Å². The monoisotopic (exact) mass is 294 g/mol. The molecular weight excluding hydrogens is 279 g/mol. The minimum atomic E-state index is -0.584. The maximum absolute atomic E-state index is 13.3. The summed E-state index contributed by atoms with van der Waals surface area (Å²) in [5.74, 6) is -0.583. The molecule has 1 aromatic heterocycles. The van der Waals surface area contributed by atoms with E-state index in [9.17, 15) is 14.5 Å². The van der Waals surface area contributed by atoms with Gasteiger partial charge in [-0.15, -0.1) is 11.3 Å². The molecule has 4 nitrogen and oxygen atoms in total. The molecule has 0 unspecified atom stereocenters. The minimum absolute atomic E-state index is 0.216. The number of nitrogens with zero attached hydrogens (tertiary/aromatic N) is 1. The molecule has 1 heterocycles. The standard InChI is InChI=1S/C14H15FN2O2S/c1-2-13-3-4-14(20-13)9-16-8-10-5-11(15)7-12(6-10)17(18)19/h3-7,16H,2,8-9H2,1H3. The molecule has 6 heteroatoms. The van der Waals surface area contributed by atoms with Gasteiger partial charge >= 0.3 is 0 Å². The van der Waals surface area contributed by atoms with Gasteiger partial charge in [-0.3, -0.25) is 10.1 Å². The molecule has 20 heavy (non-hydrogen) atoms. The molecule has 0 aliphatic rings. The molecule has 1 aromatic carbocycles. The Labute approximate surface area is 120 Å². The Hall–Kier alpha value is -1.79. The highest BCUT2D eigenvalue weighted by Crippen LogP contribution is 2.18. The van der Waals surface area contributed by atoms with Crippen LogP contribution in [-0.2, 0) is 19.5 Å². The van der Waals surface area contributed by atoms with Crippen LogP contribution in [0.3, 0.4) is 0 Å². The van der Waals surface area contributed by atoms with Crippen LogP contribution in [0.1, 0.15) is 22.2 Å². The molecule has 0 aliphatic heterocycles. The van der Waals surface area contributed by atoms with Crippen molar-refractivity contribution in [1.29, 1.82) is 0 Å². The van der Waals surface area contributed by atoms with Crippen molar-refractivity contribution in [3.05, 3.63) is 61.6 Å². The predicted molar refractivity (Wildman–Crippen MR) is 77.3 cm³/mol. The topological polar surface area (TPSA) is 55.2 Å². The van der Waals surface area contributed by atoms with Crippen LogP contribution in [0.25, 0.3) is 0 Å². The number of nitrogens with one attached hydrogen (secondary N) is 1. The molecule has 2 rings (SSSR count). The van der Waals surface area contributed by atoms with E-state index in [1.807, 2.05) is 0 Å². The van der Waals surface area contributed by atoms with E-state index in [-0.39, 0.29) is 5.69 Å². The van der Waals surface area contributed by atoms with Gasteiger partial charge in [-0.2, -0.15) is 0 Å². The van der Waals surface area contributed by atoms with Crippen LogP contribution in [0.4, 0.5) is 10.1 Å². The molecule has 1 N–H and O–H groups in total. The van der Waals surface area contributed by atoms with E-state index in [0.717, 1.165) is 12.5 Å². The molecule has 0 radical (unpaired) electrons. The zero-order chi connectivity index (χ0) is 14.5. The highest BCUT2D eigenvalue weighted by atomic mass is 32.1. The third kappa shape index (κ3) is 3.85. The summed E-state index contributed by atoms with van der Waals surface area (Å²) in [4.78, 5) is 12.6. The lowest BCUT2D eigenvalue weighted by Crippen LogP contribution is -2.12. The van der Waals surface area contributed by atoms with E-state index < -0.39 is 10.7 Å². The van der Waals surface area contributed by atoms with E-state index in [4.69, 9.17) is 0 Å². The van der Waals surface area contributed by atoms with Gasteiger partial charge in [-0.1, -0.05) is 6.92 Å². The van der Waals surface area contributed by atoms with Gasteiger partial charge in [-0.05, 0) is 30.2 Å². The van der Waals surface area contributed by atoms with Crippen molar-refractivity contribution in [2.24, 2.45) is 0 Å². The van der Waals surface area contributed by atoms with Gasteiger partial charge in [0.15, 0.2) is 0 Å². The summed E-state index contributed by atoms with van der Waals surface area (Å²) in [6.45, 7) is 3.18. The first-order valence-electron chi connectivity index (χ1n) is 6.30. The van der Waals surface area contributed by atoms with E-state index >= 15 is 0 Å². The van der Waals surface area contributed by atoms with Gasteiger partial charge in [0.2, 0.25) is 0 Å². The molecule has 0 spiro atoms. The summed E-state index contributed by atoms with van der Waals surface area (Å²) in [6.07, 6.45) is 1.01. The largest absolute Gasteiger partial charge is 0.308 e. The predicted octanol–water partition coefficient (Wildman–Crippen LogP) is 3.65. The summed E-state index contributed by atoms with van der Waals surface area (Å²) < 4.78 is 13.3. The lowest BCUT2D eigenvalue weighted by molar-refractivity contribution is -0.385. The third-order valence-electron chi connectivity index (χ3n) is 2.85. The lowest BCUT2D eigenvalue weighted by Gasteiger charge is -2.04. The van der Waals surface area contributed by atoms with Gasteiger partial charge in [0.1, 0.15) is 5.82 Å². The molecule has 0 fully saturated rings. The number of rotatable bonds is 6. The Morgan fingerprint density at radius 3 is 2.65 bits per heavy atom. The van der Waals surface area contributed by atoms with Crippen LogP contribution in [0, 0.1) is 15.9 Å². The second kappa shape index (κ2) is 6.58. The van der Waals surface area contributed by atoms with Gasteiger partial charge in [0.05, 0.1) is 11.0 Å². The first kappa shape index (κ1) is 14.6. The van der Waals surface area contributed by atoms with Crippen molar-refractivity contribution < 1.29 is 9.31 Å². The smallest absolute Gasteiger partial charge is 0.272 e. The van der Waals surface area contributed by atoms with Gasteiger partial charge in [0, 0.05) is 28.9 Å². The molecule has 106 valence electrons. The normalized spacial score (nSPS) is 10.7. The van der Waals surface area contributed by atoms with Crippen LogP contribution >= 0.6 is 11.3 Å². The van der Waals surface area contributed by atoms with Crippen molar-refractivity contribution in [3.8, 4) is 0 Å².